The van der Waals surface area contributed by atoms with E-state index in [4.69, 9.17) is 9.72 Å². The van der Waals surface area contributed by atoms with E-state index < -0.39 is 0 Å². The van der Waals surface area contributed by atoms with Crippen molar-refractivity contribution in [3.05, 3.63) is 198 Å². The molecule has 2 aliphatic rings. The summed E-state index contributed by atoms with van der Waals surface area (Å²) in [4.78, 5) is 4.94. The van der Waals surface area contributed by atoms with E-state index >= 15 is 0 Å². The fourth-order valence-electron chi connectivity index (χ4n) is 11.2. The molecule has 0 aliphatic carbocycles. The zero-order valence-electron chi connectivity index (χ0n) is 43.3. The number of benzene rings is 7. The fraction of sp³-hybridized carbons (Fsp3) is 0.262. The van der Waals surface area contributed by atoms with Crippen LogP contribution in [-0.2, 0) is 31.9 Å². The molecular formula is C65H65N4OPt-. The van der Waals surface area contributed by atoms with E-state index in [1.165, 1.54) is 61.6 Å². The van der Waals surface area contributed by atoms with Gasteiger partial charge in [0.15, 0.2) is 12.4 Å². The molecule has 0 N–H and O–H groups in total. The Labute approximate surface area is 436 Å². The zero-order valence-corrected chi connectivity index (χ0v) is 45.5. The van der Waals surface area contributed by atoms with Gasteiger partial charge in [0.05, 0.1) is 5.69 Å². The van der Waals surface area contributed by atoms with Gasteiger partial charge in [0.2, 0.25) is 11.4 Å². The Balaban J connectivity index is 0.00000582. The monoisotopic (exact) mass is 1110 g/mol. The summed E-state index contributed by atoms with van der Waals surface area (Å²) in [7, 11) is 0. The predicted octanol–water partition coefficient (Wildman–Crippen LogP) is 18.2. The molecule has 5 nitrogen and oxygen atoms in total. The molecule has 0 radical (unpaired) electrons. The predicted molar refractivity (Wildman–Crippen MR) is 293 cm³/mol. The quantitative estimate of drug-likeness (QED) is 0.0775. The van der Waals surface area contributed by atoms with Crippen LogP contribution in [0, 0.1) is 18.8 Å². The molecular weight excluding hydrogens is 1050 g/mol. The van der Waals surface area contributed by atoms with Crippen molar-refractivity contribution in [1.82, 2.24) is 18.7 Å². The van der Waals surface area contributed by atoms with Crippen LogP contribution < -0.4 is 13.9 Å². The number of quaternary nitrogens is 2. The number of hydrogen-bond donors (Lipinski definition) is 0. The summed E-state index contributed by atoms with van der Waals surface area (Å²) in [6.07, 6.45) is 1.92. The van der Waals surface area contributed by atoms with Crippen LogP contribution >= 0.6 is 0 Å². The average molecular weight is 1110 g/mol. The Morgan fingerprint density at radius 1 is 0.549 bits per heavy atom. The van der Waals surface area contributed by atoms with Crippen molar-refractivity contribution < 1.29 is 25.8 Å². The van der Waals surface area contributed by atoms with Gasteiger partial charge >= 0.3 is 0 Å². The van der Waals surface area contributed by atoms with Gasteiger partial charge in [-0.2, -0.15) is 10.7 Å². The van der Waals surface area contributed by atoms with Crippen LogP contribution in [0.1, 0.15) is 129 Å². The molecule has 0 spiro atoms. The van der Waals surface area contributed by atoms with Crippen LogP contribution in [-0.4, -0.2) is 9.55 Å². The molecule has 0 bridgehead atoms. The van der Waals surface area contributed by atoms with Crippen LogP contribution in [0.25, 0.3) is 49.9 Å². The normalized spacial score (nSPS) is 17.3. The van der Waals surface area contributed by atoms with E-state index in [1.807, 2.05) is 6.20 Å². The molecule has 9 aromatic rings. The summed E-state index contributed by atoms with van der Waals surface area (Å²) in [5.41, 5.74) is 18.2. The number of para-hydroxylation sites is 1. The number of nitrogens with zero attached hydrogens (tertiary/aromatic N) is 4. The third-order valence-electron chi connectivity index (χ3n) is 15.0. The first-order valence-corrected chi connectivity index (χ1v) is 25.2. The molecule has 362 valence electrons. The van der Waals surface area contributed by atoms with E-state index in [9.17, 15) is 0 Å². The summed E-state index contributed by atoms with van der Waals surface area (Å²) in [6.45, 7) is 29.9. The minimum atomic E-state index is -0.0381. The maximum atomic E-state index is 7.10. The van der Waals surface area contributed by atoms with Gasteiger partial charge in [0.25, 0.3) is 0 Å². The first kappa shape index (κ1) is 48.5. The Morgan fingerprint density at radius 2 is 1.21 bits per heavy atom. The zero-order chi connectivity index (χ0) is 49.1. The minimum Gasteiger partial charge on any atom is -0.509 e. The summed E-state index contributed by atoms with van der Waals surface area (Å²) in [5.74, 6) is 3.20. The second kappa shape index (κ2) is 17.6. The molecule has 7 aromatic carbocycles. The van der Waals surface area contributed by atoms with E-state index in [0.717, 1.165) is 38.9 Å². The summed E-state index contributed by atoms with van der Waals surface area (Å²) < 4.78 is 10.4. The Bertz CT molecular complexity index is 3500. The third-order valence-corrected chi connectivity index (χ3v) is 15.0. The number of aromatic nitrogens is 2. The maximum Gasteiger partial charge on any atom is 0.225 e. The molecule has 6 heteroatoms. The van der Waals surface area contributed by atoms with E-state index in [-0.39, 0.29) is 31.9 Å². The van der Waals surface area contributed by atoms with Gasteiger partial charge in [-0.3, -0.25) is 0 Å². The molecule has 1 fully saturated rings. The summed E-state index contributed by atoms with van der Waals surface area (Å²) >= 11 is 0. The van der Waals surface area contributed by atoms with Crippen molar-refractivity contribution in [2.45, 2.75) is 112 Å². The smallest absolute Gasteiger partial charge is 0.225 e. The molecule has 2 aliphatic heterocycles. The Hall–Kier alpha value is -6.10. The van der Waals surface area contributed by atoms with Crippen molar-refractivity contribution in [1.29, 1.82) is 0 Å². The molecule has 71 heavy (non-hydrogen) atoms. The van der Waals surface area contributed by atoms with Gasteiger partial charge in [-0.05, 0) is 96.7 Å². The second-order valence-corrected chi connectivity index (χ2v) is 22.7. The molecule has 0 saturated carbocycles. The minimum absolute atomic E-state index is 0. The van der Waals surface area contributed by atoms with Crippen LogP contribution in [0.15, 0.2) is 152 Å². The number of hydrogen-bond acceptors (Lipinski definition) is 2. The first-order valence-electron chi connectivity index (χ1n) is 25.2. The van der Waals surface area contributed by atoms with Crippen LogP contribution in [0.2, 0.25) is 0 Å². The topological polar surface area (TPSA) is 27.1 Å². The van der Waals surface area contributed by atoms with Gasteiger partial charge in [0.1, 0.15) is 5.82 Å². The second-order valence-electron chi connectivity index (χ2n) is 22.7. The fourth-order valence-corrected chi connectivity index (χ4v) is 11.2. The van der Waals surface area contributed by atoms with Crippen molar-refractivity contribution >= 4 is 44.6 Å². The molecule has 0 amide bonds. The number of rotatable bonds is 10. The van der Waals surface area contributed by atoms with Crippen LogP contribution in [0.5, 0.6) is 11.5 Å². The Morgan fingerprint density at radius 3 is 1.93 bits per heavy atom. The van der Waals surface area contributed by atoms with Gasteiger partial charge in [-0.15, -0.1) is 29.1 Å². The van der Waals surface area contributed by atoms with Crippen molar-refractivity contribution in [3.63, 3.8) is 0 Å². The van der Waals surface area contributed by atoms with Gasteiger partial charge < -0.3 is 9.30 Å². The maximum absolute atomic E-state index is 7.10. The first-order chi connectivity index (χ1) is 33.4. The molecule has 1 unspecified atom stereocenters. The van der Waals surface area contributed by atoms with Gasteiger partial charge in [0, 0.05) is 68.5 Å². The standard InChI is InChI=1S/C65H65N4O.Pt/c1-41(2)52-21-13-14-22-55(52)45-34-49(38-51(35-45)70-50-28-29-57-56-23-15-16-26-58(56)67(59(57)39-50)62-37-47(31-32-66-62)65(10,11)12)69-40-68(69,61-36-46(64(7,8)9)27-30-60(61)69)48-20-17-19-44(33-48)63-53(42(3)4)24-18-25-54(63)43(5)6;/h13-37,40-43H,1-12H3;/q-1;/t68-,69?;/m0./s1. The average Bonchev–Trinajstić information content (AvgIpc) is 3.83. The number of ether oxygens (including phenoxy) is 1. The van der Waals surface area contributed by atoms with Crippen molar-refractivity contribution in [2.75, 3.05) is 0 Å². The Kier molecular flexibility index (Phi) is 12.0. The van der Waals surface area contributed by atoms with Crippen LogP contribution in [0.4, 0.5) is 22.7 Å². The molecule has 4 heterocycles. The third kappa shape index (κ3) is 7.82. The SMILES string of the molecule is CC(C)c1ccccc1-c1cc(Oc2[c-]c3c(cc2)c2ccccc2n3-c2cc(C(C)(C)C)ccn2)[c-]c([N+]23[CH-][N@+]2(c2cccc(-c4c(C(C)C)cccc4C(C)C)c2)c2cc(C(C)(C)C)ccc23)c1.[Pt]. The van der Waals surface area contributed by atoms with E-state index in [2.05, 4.69) is 252 Å². The molecule has 2 aromatic heterocycles. The number of pyridine rings is 1. The van der Waals surface area contributed by atoms with E-state index in [0.29, 0.717) is 38.4 Å². The molecule has 1 saturated heterocycles. The van der Waals surface area contributed by atoms with Crippen molar-refractivity contribution in [3.8, 4) is 39.6 Å². The van der Waals surface area contributed by atoms with Crippen LogP contribution in [0.3, 0.4) is 0 Å². The summed E-state index contributed by atoms with van der Waals surface area (Å²) in [6, 6.07) is 61.5. The largest absolute Gasteiger partial charge is 0.509 e. The molecule has 11 rings (SSSR count). The van der Waals surface area contributed by atoms with E-state index in [1.54, 1.807) is 0 Å². The van der Waals surface area contributed by atoms with Gasteiger partial charge in [-0.25, -0.2) is 9.58 Å². The number of fused-ring (bicyclic) bond motifs is 7. The van der Waals surface area contributed by atoms with Gasteiger partial charge in [-0.1, -0.05) is 180 Å². The van der Waals surface area contributed by atoms with Crippen molar-refractivity contribution in [2.24, 2.45) is 0 Å². The molecule has 2 atom stereocenters. The summed E-state index contributed by atoms with van der Waals surface area (Å²) in [5, 5.41) is 2.24.